The Bertz CT molecular complexity index is 1300. The highest BCUT2D eigenvalue weighted by Crippen LogP contribution is 2.22. The molecule has 0 saturated carbocycles. The van der Waals surface area contributed by atoms with E-state index in [0.29, 0.717) is 17.4 Å². The van der Waals surface area contributed by atoms with E-state index < -0.39 is 0 Å². The van der Waals surface area contributed by atoms with E-state index >= 15 is 0 Å². The van der Waals surface area contributed by atoms with E-state index in [2.05, 4.69) is 48.0 Å². The van der Waals surface area contributed by atoms with Gasteiger partial charge in [0.25, 0.3) is 5.91 Å². The molecule has 0 spiro atoms. The van der Waals surface area contributed by atoms with E-state index in [0.717, 1.165) is 42.0 Å². The van der Waals surface area contributed by atoms with E-state index in [9.17, 15) is 4.79 Å². The summed E-state index contributed by atoms with van der Waals surface area (Å²) in [6.07, 6.45) is 1.84. The molecule has 0 aliphatic carbocycles. The van der Waals surface area contributed by atoms with E-state index in [-0.39, 0.29) is 18.6 Å². The van der Waals surface area contributed by atoms with Gasteiger partial charge in [-0.05, 0) is 93.3 Å². The van der Waals surface area contributed by atoms with Crippen molar-refractivity contribution in [3.8, 4) is 11.5 Å². The lowest BCUT2D eigenvalue weighted by Gasteiger charge is -2.17. The van der Waals surface area contributed by atoms with Crippen LogP contribution in [0, 0.1) is 13.8 Å². The van der Waals surface area contributed by atoms with Gasteiger partial charge in [0.05, 0.1) is 23.7 Å². The van der Waals surface area contributed by atoms with Gasteiger partial charge in [0, 0.05) is 11.6 Å². The number of amides is 1. The number of unbranched alkanes of at least 4 members (excludes halogenated alkanes) is 1. The number of carbonyl (C=O) groups excluding carboxylic acids is 1. The number of imidazole rings is 1. The third-order valence-electron chi connectivity index (χ3n) is 5.87. The first-order valence-electron chi connectivity index (χ1n) is 12.2. The van der Waals surface area contributed by atoms with Crippen molar-refractivity contribution in [1.29, 1.82) is 0 Å². The zero-order chi connectivity index (χ0) is 25.5. The minimum atomic E-state index is -0.273. The lowest BCUT2D eigenvalue weighted by molar-refractivity contribution is -0.123. The quantitative estimate of drug-likeness (QED) is 0.239. The van der Waals surface area contributed by atoms with Crippen molar-refractivity contribution in [2.75, 3.05) is 13.2 Å². The summed E-state index contributed by atoms with van der Waals surface area (Å²) in [6.45, 7) is 7.46. The smallest absolute Gasteiger partial charge is 0.258 e. The van der Waals surface area contributed by atoms with Crippen molar-refractivity contribution in [1.82, 2.24) is 14.9 Å². The Labute approximate surface area is 217 Å². The molecule has 0 bridgehead atoms. The van der Waals surface area contributed by atoms with E-state index in [1.54, 1.807) is 24.3 Å². The van der Waals surface area contributed by atoms with Crippen LogP contribution in [-0.2, 0) is 11.3 Å². The predicted octanol–water partition coefficient (Wildman–Crippen LogP) is 6.42. The Balaban J connectivity index is 1.35. The van der Waals surface area contributed by atoms with Crippen molar-refractivity contribution >= 4 is 28.5 Å². The highest BCUT2D eigenvalue weighted by Gasteiger charge is 2.18. The lowest BCUT2D eigenvalue weighted by Crippen LogP contribution is -2.32. The van der Waals surface area contributed by atoms with Crippen LogP contribution in [-0.4, -0.2) is 28.7 Å². The number of hydrogen-bond donors (Lipinski definition) is 1. The molecule has 1 amide bonds. The molecule has 1 N–H and O–H groups in total. The number of nitrogens with one attached hydrogen (secondary N) is 1. The van der Waals surface area contributed by atoms with Crippen LogP contribution in [0.4, 0.5) is 0 Å². The molecule has 0 fully saturated rings. The maximum atomic E-state index is 12.6. The maximum absolute atomic E-state index is 12.6. The van der Waals surface area contributed by atoms with E-state index in [1.807, 2.05) is 25.1 Å². The summed E-state index contributed by atoms with van der Waals surface area (Å²) >= 11 is 5.90. The van der Waals surface area contributed by atoms with Gasteiger partial charge in [-0.1, -0.05) is 29.8 Å². The molecule has 0 aliphatic heterocycles. The van der Waals surface area contributed by atoms with E-state index in [1.165, 1.54) is 11.1 Å². The van der Waals surface area contributed by atoms with Crippen LogP contribution in [0.3, 0.4) is 0 Å². The average Bonchev–Trinajstić information content (AvgIpc) is 3.22. The van der Waals surface area contributed by atoms with Crippen LogP contribution in [0.25, 0.3) is 11.0 Å². The molecule has 1 aromatic heterocycles. The fourth-order valence-corrected chi connectivity index (χ4v) is 4.39. The summed E-state index contributed by atoms with van der Waals surface area (Å²) in [7, 11) is 0. The third kappa shape index (κ3) is 6.79. The Kier molecular flexibility index (Phi) is 8.49. The summed E-state index contributed by atoms with van der Waals surface area (Å²) in [6, 6.07) is 21.0. The van der Waals surface area contributed by atoms with Gasteiger partial charge in [0.1, 0.15) is 17.3 Å². The van der Waals surface area contributed by atoms with Crippen molar-refractivity contribution in [2.24, 2.45) is 0 Å². The number of nitrogens with zero attached hydrogens (tertiary/aromatic N) is 2. The van der Waals surface area contributed by atoms with Gasteiger partial charge in [0.15, 0.2) is 6.61 Å². The SMILES string of the molecule is Cc1cc(C)cc(OCCCCn2c(C(C)NC(=O)COc3ccc(Cl)cc3)nc3ccccc32)c1. The second-order valence-corrected chi connectivity index (χ2v) is 9.46. The van der Waals surface area contributed by atoms with Crippen LogP contribution >= 0.6 is 11.6 Å². The normalized spacial score (nSPS) is 11.9. The lowest BCUT2D eigenvalue weighted by atomic mass is 10.1. The van der Waals surface area contributed by atoms with Gasteiger partial charge in [-0.3, -0.25) is 4.79 Å². The molecule has 4 rings (SSSR count). The van der Waals surface area contributed by atoms with Crippen molar-refractivity contribution in [2.45, 2.75) is 46.2 Å². The molecule has 0 aliphatic rings. The number of hydrogen-bond acceptors (Lipinski definition) is 4. The Morgan fingerprint density at radius 3 is 2.44 bits per heavy atom. The molecule has 1 unspecified atom stereocenters. The Hall–Kier alpha value is -3.51. The molecule has 0 saturated heterocycles. The van der Waals surface area contributed by atoms with Crippen LogP contribution in [0.5, 0.6) is 11.5 Å². The third-order valence-corrected chi connectivity index (χ3v) is 6.12. The molecule has 3 aromatic carbocycles. The molecular formula is C29H32ClN3O3. The predicted molar refractivity (Wildman–Crippen MR) is 144 cm³/mol. The standard InChI is InChI=1S/C29H32ClN3O3/c1-20-16-21(2)18-25(17-20)35-15-7-6-14-33-27-9-5-4-8-26(27)32-29(33)22(3)31-28(34)19-36-24-12-10-23(30)11-13-24/h4-5,8-13,16-18,22H,6-7,14-15,19H2,1-3H3,(H,31,34). The fourth-order valence-electron chi connectivity index (χ4n) is 4.27. The number of rotatable bonds is 11. The van der Waals surface area contributed by atoms with Crippen LogP contribution in [0.15, 0.2) is 66.7 Å². The fraction of sp³-hybridized carbons (Fsp3) is 0.310. The Morgan fingerprint density at radius 1 is 0.972 bits per heavy atom. The monoisotopic (exact) mass is 505 g/mol. The second kappa shape index (κ2) is 12.0. The molecule has 36 heavy (non-hydrogen) atoms. The summed E-state index contributed by atoms with van der Waals surface area (Å²) in [5.74, 6) is 2.13. The zero-order valence-corrected chi connectivity index (χ0v) is 21.7. The van der Waals surface area contributed by atoms with Crippen LogP contribution < -0.4 is 14.8 Å². The molecule has 188 valence electrons. The first kappa shape index (κ1) is 25.6. The van der Waals surface area contributed by atoms with Gasteiger partial charge < -0.3 is 19.4 Å². The number of benzene rings is 3. The molecule has 1 heterocycles. The molecule has 4 aromatic rings. The number of carbonyl (C=O) groups is 1. The van der Waals surface area contributed by atoms with E-state index in [4.69, 9.17) is 26.1 Å². The van der Waals surface area contributed by atoms with Gasteiger partial charge in [0.2, 0.25) is 0 Å². The first-order valence-corrected chi connectivity index (χ1v) is 12.6. The summed E-state index contributed by atoms with van der Waals surface area (Å²) in [4.78, 5) is 17.4. The second-order valence-electron chi connectivity index (χ2n) is 9.02. The molecule has 0 radical (unpaired) electrons. The number of ether oxygens (including phenoxy) is 2. The van der Waals surface area contributed by atoms with Gasteiger partial charge in [-0.15, -0.1) is 0 Å². The van der Waals surface area contributed by atoms with Gasteiger partial charge >= 0.3 is 0 Å². The van der Waals surface area contributed by atoms with Crippen molar-refractivity contribution in [3.63, 3.8) is 0 Å². The van der Waals surface area contributed by atoms with Gasteiger partial charge in [-0.25, -0.2) is 4.98 Å². The minimum Gasteiger partial charge on any atom is -0.494 e. The minimum absolute atomic E-state index is 0.0814. The summed E-state index contributed by atoms with van der Waals surface area (Å²) in [5, 5.41) is 3.64. The first-order chi connectivity index (χ1) is 17.4. The topological polar surface area (TPSA) is 65.4 Å². The summed E-state index contributed by atoms with van der Waals surface area (Å²) in [5.41, 5.74) is 4.38. The number of para-hydroxylation sites is 2. The molecule has 1 atom stereocenters. The number of aryl methyl sites for hydroxylation is 3. The van der Waals surface area contributed by atoms with Crippen LogP contribution in [0.2, 0.25) is 5.02 Å². The highest BCUT2D eigenvalue weighted by atomic mass is 35.5. The van der Waals surface area contributed by atoms with Crippen molar-refractivity contribution in [3.05, 3.63) is 88.7 Å². The average molecular weight is 506 g/mol. The zero-order valence-electron chi connectivity index (χ0n) is 21.0. The maximum Gasteiger partial charge on any atom is 0.258 e. The molecule has 6 nitrogen and oxygen atoms in total. The highest BCUT2D eigenvalue weighted by molar-refractivity contribution is 6.30. The largest absolute Gasteiger partial charge is 0.494 e. The number of fused-ring (bicyclic) bond motifs is 1. The number of aromatic nitrogens is 2. The molecular weight excluding hydrogens is 474 g/mol. The molecule has 7 heteroatoms. The summed E-state index contributed by atoms with van der Waals surface area (Å²) < 4.78 is 13.7. The van der Waals surface area contributed by atoms with Gasteiger partial charge in [-0.2, -0.15) is 0 Å². The van der Waals surface area contributed by atoms with Crippen molar-refractivity contribution < 1.29 is 14.3 Å². The Morgan fingerprint density at radius 2 is 1.69 bits per heavy atom. The number of halogens is 1. The van der Waals surface area contributed by atoms with Crippen LogP contribution in [0.1, 0.15) is 42.8 Å².